The number of carbonyl (C=O) groups is 1. The number of nitrogens with zero attached hydrogens (tertiary/aromatic N) is 2. The number of alkyl halides is 4. The van der Waals surface area contributed by atoms with Gasteiger partial charge in [-0.1, -0.05) is 11.6 Å². The number of anilines is 1. The Morgan fingerprint density at radius 2 is 1.41 bits per heavy atom. The van der Waals surface area contributed by atoms with Crippen LogP contribution in [0.15, 0.2) is 0 Å². The molecule has 0 aliphatic rings. The first-order chi connectivity index (χ1) is 12.5. The van der Waals surface area contributed by atoms with Crippen LogP contribution in [-0.2, 0) is 11.3 Å². The number of halogens is 10. The third-order valence-electron chi connectivity index (χ3n) is 3.14. The van der Waals surface area contributed by atoms with E-state index in [2.05, 4.69) is 5.10 Å². The van der Waals surface area contributed by atoms with Crippen molar-refractivity contribution in [1.29, 1.82) is 0 Å². The molecule has 0 aliphatic heterocycles. The summed E-state index contributed by atoms with van der Waals surface area (Å²) in [7, 11) is 0. The molecular formula is C13H5ClF9N3O. The van der Waals surface area contributed by atoms with Crippen LogP contribution in [0, 0.1) is 29.1 Å². The lowest BCUT2D eigenvalue weighted by atomic mass is 10.2. The number of hydrogen-bond donors (Lipinski definition) is 1. The molecule has 1 N–H and O–H groups in total. The molecule has 0 aliphatic carbocycles. The normalized spacial score (nSPS) is 11.6. The summed E-state index contributed by atoms with van der Waals surface area (Å²) in [4.78, 5) is 11.7. The number of amides is 1. The zero-order chi connectivity index (χ0) is 20.6. The molecule has 0 bridgehead atoms. The molecule has 0 spiro atoms. The van der Waals surface area contributed by atoms with E-state index in [0.717, 1.165) is 0 Å². The molecule has 1 amide bonds. The molecule has 0 saturated heterocycles. The largest absolute Gasteiger partial charge is 0.319 e. The van der Waals surface area contributed by atoms with Crippen molar-refractivity contribution in [2.45, 2.75) is 19.4 Å². The van der Waals surface area contributed by atoms with Crippen molar-refractivity contribution in [1.82, 2.24) is 9.78 Å². The Labute approximate surface area is 148 Å². The van der Waals surface area contributed by atoms with Gasteiger partial charge in [0, 0.05) is 0 Å². The Morgan fingerprint density at radius 1 is 0.926 bits per heavy atom. The highest BCUT2D eigenvalue weighted by atomic mass is 35.5. The molecule has 1 heterocycles. The second-order valence-corrected chi connectivity index (χ2v) is 5.21. The fourth-order valence-electron chi connectivity index (χ4n) is 1.97. The van der Waals surface area contributed by atoms with E-state index < -0.39 is 76.5 Å². The first-order valence-electron chi connectivity index (χ1n) is 6.61. The summed E-state index contributed by atoms with van der Waals surface area (Å²) >= 11 is 5.34. The molecule has 0 atom stereocenters. The summed E-state index contributed by atoms with van der Waals surface area (Å²) in [6, 6.07) is 0. The van der Waals surface area contributed by atoms with E-state index in [1.54, 1.807) is 0 Å². The van der Waals surface area contributed by atoms with E-state index in [-0.39, 0.29) is 4.68 Å². The van der Waals surface area contributed by atoms with Crippen LogP contribution in [-0.4, -0.2) is 15.7 Å². The van der Waals surface area contributed by atoms with Gasteiger partial charge in [0.2, 0.25) is 11.7 Å². The third-order valence-corrected chi connectivity index (χ3v) is 3.52. The van der Waals surface area contributed by atoms with Crippen molar-refractivity contribution in [2.75, 3.05) is 5.32 Å². The molecule has 0 unspecified atom stereocenters. The van der Waals surface area contributed by atoms with Crippen LogP contribution in [0.2, 0.25) is 5.02 Å². The van der Waals surface area contributed by atoms with Crippen LogP contribution in [0.5, 0.6) is 0 Å². The van der Waals surface area contributed by atoms with E-state index in [0.29, 0.717) is 0 Å². The van der Waals surface area contributed by atoms with Gasteiger partial charge in [-0.3, -0.25) is 9.48 Å². The third kappa shape index (κ3) is 3.82. The van der Waals surface area contributed by atoms with Crippen LogP contribution in [0.1, 0.15) is 24.2 Å². The molecule has 14 heteroatoms. The van der Waals surface area contributed by atoms with Gasteiger partial charge < -0.3 is 5.32 Å². The van der Waals surface area contributed by atoms with Crippen molar-refractivity contribution in [3.8, 4) is 0 Å². The smallest absolute Gasteiger partial charge is 0.283 e. The van der Waals surface area contributed by atoms with Crippen LogP contribution >= 0.6 is 11.6 Å². The minimum Gasteiger partial charge on any atom is -0.319 e. The van der Waals surface area contributed by atoms with E-state index in [9.17, 15) is 44.3 Å². The van der Waals surface area contributed by atoms with Gasteiger partial charge in [0.05, 0.1) is 5.02 Å². The lowest BCUT2D eigenvalue weighted by Gasteiger charge is -2.11. The average molecular weight is 426 g/mol. The summed E-state index contributed by atoms with van der Waals surface area (Å²) in [5.41, 5.74) is -4.32. The Morgan fingerprint density at radius 3 is 1.85 bits per heavy atom. The number of benzene rings is 1. The quantitative estimate of drug-likeness (QED) is 0.427. The fourth-order valence-corrected chi connectivity index (χ4v) is 2.27. The van der Waals surface area contributed by atoms with Crippen molar-refractivity contribution >= 4 is 23.2 Å². The van der Waals surface area contributed by atoms with Gasteiger partial charge >= 0.3 is 0 Å². The van der Waals surface area contributed by atoms with Gasteiger partial charge in [0.25, 0.3) is 12.9 Å². The Balaban J connectivity index is 2.37. The molecule has 2 aromatic rings. The number of hydrogen-bond acceptors (Lipinski definition) is 2. The Bertz CT molecular complexity index is 871. The van der Waals surface area contributed by atoms with Crippen molar-refractivity contribution in [2.24, 2.45) is 0 Å². The monoisotopic (exact) mass is 425 g/mol. The van der Waals surface area contributed by atoms with Crippen molar-refractivity contribution < 1.29 is 44.3 Å². The fraction of sp³-hybridized carbons (Fsp3) is 0.231. The van der Waals surface area contributed by atoms with Gasteiger partial charge in [-0.2, -0.15) is 5.10 Å². The van der Waals surface area contributed by atoms with Gasteiger partial charge in [0.1, 0.15) is 23.6 Å². The van der Waals surface area contributed by atoms with Crippen LogP contribution in [0.4, 0.5) is 45.2 Å². The Kier molecular flexibility index (Phi) is 5.92. The predicted molar refractivity (Wildman–Crippen MR) is 72.0 cm³/mol. The van der Waals surface area contributed by atoms with Crippen molar-refractivity contribution in [3.05, 3.63) is 45.5 Å². The van der Waals surface area contributed by atoms with Crippen molar-refractivity contribution in [3.63, 3.8) is 0 Å². The number of carbonyl (C=O) groups excluding carboxylic acids is 1. The van der Waals surface area contributed by atoms with Crippen LogP contribution in [0.25, 0.3) is 0 Å². The lowest BCUT2D eigenvalue weighted by Crippen LogP contribution is -2.23. The van der Waals surface area contributed by atoms with Gasteiger partial charge in [-0.25, -0.2) is 39.5 Å². The standard InChI is InChI=1S/C13H5ClF9N3O/c14-3-9(12(20)21)25-26(11(3)13(22)23)1-2(27)24-10-7(18)5(16)4(15)6(17)8(10)19/h12-13H,1H2,(H,24,27). The van der Waals surface area contributed by atoms with E-state index in [4.69, 9.17) is 11.6 Å². The number of nitrogens with one attached hydrogen (secondary N) is 1. The number of aromatic nitrogens is 2. The molecular weight excluding hydrogens is 421 g/mol. The van der Waals surface area contributed by atoms with Crippen LogP contribution < -0.4 is 5.32 Å². The molecule has 1 aromatic carbocycles. The molecule has 0 radical (unpaired) electrons. The molecule has 27 heavy (non-hydrogen) atoms. The molecule has 0 saturated carbocycles. The SMILES string of the molecule is O=C(Cn1nc(C(F)F)c(Cl)c1C(F)F)Nc1c(F)c(F)c(F)c(F)c1F. The molecule has 1 aromatic heterocycles. The minimum absolute atomic E-state index is 0.0237. The first kappa shape index (κ1) is 20.9. The maximum absolute atomic E-state index is 13.5. The second-order valence-electron chi connectivity index (χ2n) is 4.84. The summed E-state index contributed by atoms with van der Waals surface area (Å²) in [6.07, 6.45) is -6.84. The maximum Gasteiger partial charge on any atom is 0.283 e. The first-order valence-corrected chi connectivity index (χ1v) is 6.98. The highest BCUT2D eigenvalue weighted by Crippen LogP contribution is 2.34. The molecule has 0 fully saturated rings. The summed E-state index contributed by atoms with van der Waals surface area (Å²) in [5.74, 6) is -13.6. The van der Waals surface area contributed by atoms with E-state index >= 15 is 0 Å². The lowest BCUT2D eigenvalue weighted by molar-refractivity contribution is -0.117. The molecule has 148 valence electrons. The van der Waals surface area contributed by atoms with Gasteiger partial charge in [-0.05, 0) is 0 Å². The minimum atomic E-state index is -3.46. The average Bonchev–Trinajstić information content (AvgIpc) is 2.91. The number of rotatable bonds is 5. The van der Waals surface area contributed by atoms with E-state index in [1.807, 2.05) is 0 Å². The van der Waals surface area contributed by atoms with Crippen LogP contribution in [0.3, 0.4) is 0 Å². The highest BCUT2D eigenvalue weighted by Gasteiger charge is 2.30. The van der Waals surface area contributed by atoms with Gasteiger partial charge in [-0.15, -0.1) is 0 Å². The Hall–Kier alpha value is -2.44. The highest BCUT2D eigenvalue weighted by molar-refractivity contribution is 6.32. The van der Waals surface area contributed by atoms with E-state index in [1.165, 1.54) is 5.32 Å². The van der Waals surface area contributed by atoms with Gasteiger partial charge in [0.15, 0.2) is 23.3 Å². The topological polar surface area (TPSA) is 46.9 Å². The zero-order valence-electron chi connectivity index (χ0n) is 12.4. The summed E-state index contributed by atoms with van der Waals surface area (Å²) in [5, 5.41) is 3.16. The molecule has 2 rings (SSSR count). The second kappa shape index (κ2) is 7.66. The molecule has 4 nitrogen and oxygen atoms in total. The summed E-state index contributed by atoms with van der Waals surface area (Å²) in [6.45, 7) is -1.33. The summed E-state index contributed by atoms with van der Waals surface area (Å²) < 4.78 is 117. The predicted octanol–water partition coefficient (Wildman–Crippen LogP) is 4.75. The maximum atomic E-state index is 13.5. The zero-order valence-corrected chi connectivity index (χ0v) is 13.2.